The summed E-state index contributed by atoms with van der Waals surface area (Å²) in [6.45, 7) is 1.77. The summed E-state index contributed by atoms with van der Waals surface area (Å²) in [5, 5.41) is 9.53. The minimum atomic E-state index is -0.796. The van der Waals surface area contributed by atoms with Crippen molar-refractivity contribution in [2.24, 2.45) is 0 Å². The fraction of sp³-hybridized carbons (Fsp3) is 0.300. The van der Waals surface area contributed by atoms with Crippen LogP contribution in [0.4, 0.5) is 0 Å². The van der Waals surface area contributed by atoms with Crippen molar-refractivity contribution in [2.75, 3.05) is 0 Å². The highest BCUT2D eigenvalue weighted by Gasteiger charge is 2.30. The standard InChI is InChI=1S/C10H10BNO3/c13-6-12-3-7-1-9-5-15-11(14)10(9)2-8(7)4-12/h1-2,6,14H,3-5H2. The molecule has 0 unspecified atom stereocenters. The first-order valence-corrected chi connectivity index (χ1v) is 4.91. The number of hydrogen-bond acceptors (Lipinski definition) is 3. The van der Waals surface area contributed by atoms with Crippen molar-refractivity contribution in [3.8, 4) is 0 Å². The summed E-state index contributed by atoms with van der Waals surface area (Å²) in [6, 6.07) is 3.98. The van der Waals surface area contributed by atoms with E-state index < -0.39 is 7.12 Å². The van der Waals surface area contributed by atoms with Crippen LogP contribution < -0.4 is 5.46 Å². The second kappa shape index (κ2) is 3.08. The highest BCUT2D eigenvalue weighted by molar-refractivity contribution is 6.61. The third-order valence-electron chi connectivity index (χ3n) is 3.02. The average Bonchev–Trinajstić information content (AvgIpc) is 2.79. The van der Waals surface area contributed by atoms with Gasteiger partial charge in [-0.25, -0.2) is 0 Å². The Hall–Kier alpha value is -1.33. The molecule has 3 rings (SSSR count). The smallest absolute Gasteiger partial charge is 0.423 e. The zero-order chi connectivity index (χ0) is 10.4. The van der Waals surface area contributed by atoms with Crippen LogP contribution in [0.1, 0.15) is 16.7 Å². The Labute approximate surface area is 87.6 Å². The van der Waals surface area contributed by atoms with Gasteiger partial charge in [-0.15, -0.1) is 0 Å². The summed E-state index contributed by atoms with van der Waals surface area (Å²) < 4.78 is 5.13. The Morgan fingerprint density at radius 1 is 1.33 bits per heavy atom. The molecule has 0 aliphatic carbocycles. The molecule has 4 nitrogen and oxygen atoms in total. The molecule has 1 aromatic rings. The van der Waals surface area contributed by atoms with Crippen LogP contribution >= 0.6 is 0 Å². The summed E-state index contributed by atoms with van der Waals surface area (Å²) in [5.74, 6) is 0. The van der Waals surface area contributed by atoms with E-state index in [2.05, 4.69) is 0 Å². The number of carbonyl (C=O) groups is 1. The highest BCUT2D eigenvalue weighted by Crippen LogP contribution is 2.24. The van der Waals surface area contributed by atoms with Gasteiger partial charge in [0.05, 0.1) is 6.61 Å². The molecule has 0 bridgehead atoms. The Morgan fingerprint density at radius 3 is 2.80 bits per heavy atom. The molecule has 2 aliphatic rings. The van der Waals surface area contributed by atoms with E-state index in [4.69, 9.17) is 4.65 Å². The molecule has 2 aliphatic heterocycles. The lowest BCUT2D eigenvalue weighted by atomic mass is 9.78. The molecule has 0 atom stereocenters. The third kappa shape index (κ3) is 1.27. The van der Waals surface area contributed by atoms with E-state index in [9.17, 15) is 9.82 Å². The normalized spacial score (nSPS) is 17.9. The fourth-order valence-electron chi connectivity index (χ4n) is 2.24. The molecule has 0 fully saturated rings. The van der Waals surface area contributed by atoms with Gasteiger partial charge in [-0.3, -0.25) is 4.79 Å². The fourth-order valence-corrected chi connectivity index (χ4v) is 2.24. The molecule has 76 valence electrons. The largest absolute Gasteiger partial charge is 0.491 e. The molecule has 0 saturated heterocycles. The lowest BCUT2D eigenvalue weighted by Crippen LogP contribution is -2.28. The second-order valence-corrected chi connectivity index (χ2v) is 3.99. The minimum absolute atomic E-state index is 0.463. The van der Waals surface area contributed by atoms with Crippen LogP contribution in [-0.4, -0.2) is 23.5 Å². The van der Waals surface area contributed by atoms with Crippen LogP contribution in [0.3, 0.4) is 0 Å². The van der Waals surface area contributed by atoms with Crippen molar-refractivity contribution >= 4 is 19.0 Å². The summed E-state index contributed by atoms with van der Waals surface area (Å²) in [7, 11) is -0.796. The maximum atomic E-state index is 10.6. The molecular formula is C10H10BNO3. The van der Waals surface area contributed by atoms with Crippen molar-refractivity contribution < 1.29 is 14.5 Å². The number of amides is 1. The number of fused-ring (bicyclic) bond motifs is 2. The molecule has 2 heterocycles. The van der Waals surface area contributed by atoms with Gasteiger partial charge in [-0.2, -0.15) is 0 Å². The van der Waals surface area contributed by atoms with Gasteiger partial charge in [0.15, 0.2) is 0 Å². The third-order valence-corrected chi connectivity index (χ3v) is 3.02. The lowest BCUT2D eigenvalue weighted by Gasteiger charge is -2.04. The molecular weight excluding hydrogens is 193 g/mol. The Kier molecular flexibility index (Phi) is 1.84. The predicted molar refractivity (Wildman–Crippen MR) is 54.1 cm³/mol. The van der Waals surface area contributed by atoms with E-state index in [0.29, 0.717) is 19.7 Å². The van der Waals surface area contributed by atoms with E-state index in [1.54, 1.807) is 4.90 Å². The van der Waals surface area contributed by atoms with Gasteiger partial charge in [0.1, 0.15) is 0 Å². The molecule has 1 aromatic carbocycles. The Bertz CT molecular complexity index is 435. The monoisotopic (exact) mass is 203 g/mol. The number of benzene rings is 1. The van der Waals surface area contributed by atoms with E-state index in [0.717, 1.165) is 23.0 Å². The van der Waals surface area contributed by atoms with Crippen molar-refractivity contribution in [1.29, 1.82) is 0 Å². The maximum Gasteiger partial charge on any atom is 0.491 e. The van der Waals surface area contributed by atoms with Gasteiger partial charge in [-0.1, -0.05) is 12.1 Å². The zero-order valence-electron chi connectivity index (χ0n) is 8.14. The van der Waals surface area contributed by atoms with E-state index in [1.807, 2.05) is 12.1 Å². The quantitative estimate of drug-likeness (QED) is 0.488. The van der Waals surface area contributed by atoms with Crippen LogP contribution in [0.2, 0.25) is 0 Å². The molecule has 0 spiro atoms. The van der Waals surface area contributed by atoms with Gasteiger partial charge in [0.25, 0.3) is 0 Å². The van der Waals surface area contributed by atoms with Crippen LogP contribution in [0.25, 0.3) is 0 Å². The predicted octanol–water partition coefficient (Wildman–Crippen LogP) is -0.624. The molecule has 0 saturated carbocycles. The molecule has 15 heavy (non-hydrogen) atoms. The molecule has 1 amide bonds. The first kappa shape index (κ1) is 8.94. The lowest BCUT2D eigenvalue weighted by molar-refractivity contribution is -0.118. The average molecular weight is 203 g/mol. The van der Waals surface area contributed by atoms with Crippen molar-refractivity contribution in [2.45, 2.75) is 19.7 Å². The van der Waals surface area contributed by atoms with Crippen LogP contribution in [0.5, 0.6) is 0 Å². The number of rotatable bonds is 1. The van der Waals surface area contributed by atoms with Gasteiger partial charge >= 0.3 is 7.12 Å². The zero-order valence-corrected chi connectivity index (χ0v) is 8.14. The van der Waals surface area contributed by atoms with E-state index >= 15 is 0 Å². The highest BCUT2D eigenvalue weighted by atomic mass is 16.5. The first-order valence-electron chi connectivity index (χ1n) is 4.91. The van der Waals surface area contributed by atoms with Crippen molar-refractivity contribution in [1.82, 2.24) is 4.90 Å². The molecule has 1 N–H and O–H groups in total. The number of nitrogens with zero attached hydrogens (tertiary/aromatic N) is 1. The topological polar surface area (TPSA) is 49.8 Å². The van der Waals surface area contributed by atoms with Crippen LogP contribution in [-0.2, 0) is 29.1 Å². The first-order chi connectivity index (χ1) is 7.28. The van der Waals surface area contributed by atoms with Gasteiger partial charge in [0.2, 0.25) is 6.41 Å². The second-order valence-electron chi connectivity index (χ2n) is 3.99. The van der Waals surface area contributed by atoms with Crippen molar-refractivity contribution in [3.63, 3.8) is 0 Å². The van der Waals surface area contributed by atoms with Gasteiger partial charge in [-0.05, 0) is 22.2 Å². The Morgan fingerprint density at radius 2 is 2.07 bits per heavy atom. The summed E-state index contributed by atoms with van der Waals surface area (Å²) in [5.41, 5.74) is 4.17. The number of hydrogen-bond donors (Lipinski definition) is 1. The van der Waals surface area contributed by atoms with E-state index in [1.165, 1.54) is 5.56 Å². The Balaban J connectivity index is 2.04. The van der Waals surface area contributed by atoms with Gasteiger partial charge in [0, 0.05) is 13.1 Å². The minimum Gasteiger partial charge on any atom is -0.423 e. The van der Waals surface area contributed by atoms with Crippen LogP contribution in [0, 0.1) is 0 Å². The SMILES string of the molecule is O=CN1Cc2cc3c(cc2C1)B(O)OC3. The summed E-state index contributed by atoms with van der Waals surface area (Å²) in [6.07, 6.45) is 0.859. The molecule has 5 heteroatoms. The summed E-state index contributed by atoms with van der Waals surface area (Å²) in [4.78, 5) is 12.4. The summed E-state index contributed by atoms with van der Waals surface area (Å²) >= 11 is 0. The van der Waals surface area contributed by atoms with Crippen molar-refractivity contribution in [3.05, 3.63) is 28.8 Å². The van der Waals surface area contributed by atoms with Crippen LogP contribution in [0.15, 0.2) is 12.1 Å². The number of carbonyl (C=O) groups excluding carboxylic acids is 1. The molecule has 0 aromatic heterocycles. The molecule has 0 radical (unpaired) electrons. The van der Waals surface area contributed by atoms with E-state index in [-0.39, 0.29) is 0 Å². The maximum absolute atomic E-state index is 10.6. The van der Waals surface area contributed by atoms with Gasteiger partial charge < -0.3 is 14.6 Å².